The zero-order valence-corrected chi connectivity index (χ0v) is 20.0. The lowest BCUT2D eigenvalue weighted by Crippen LogP contribution is -2.43. The number of amides is 1. The van der Waals surface area contributed by atoms with E-state index in [2.05, 4.69) is 4.72 Å². The standard InChI is InChI=1S/C26H29FN2O4S/c1-19-8-12-22(13-9-19)34(31,32)28-17-20-5-4-16-29(18-20)26(30)15-11-21-10-14-25(33-21)23-6-2-3-7-24(23)27/h2-3,6-10,12-14,20,28H,4-5,11,15-18H2,1H3. The first kappa shape index (κ1) is 24.2. The van der Waals surface area contributed by atoms with Gasteiger partial charge in [-0.15, -0.1) is 0 Å². The van der Waals surface area contributed by atoms with Gasteiger partial charge in [-0.2, -0.15) is 0 Å². The Bertz CT molecular complexity index is 1240. The van der Waals surface area contributed by atoms with Gasteiger partial charge in [0.05, 0.1) is 10.5 Å². The Morgan fingerprint density at radius 2 is 1.88 bits per heavy atom. The minimum atomic E-state index is -3.58. The van der Waals surface area contributed by atoms with Crippen LogP contribution >= 0.6 is 0 Å². The van der Waals surface area contributed by atoms with E-state index in [1.807, 2.05) is 6.92 Å². The smallest absolute Gasteiger partial charge is 0.240 e. The zero-order chi connectivity index (χ0) is 24.1. The fourth-order valence-corrected chi connectivity index (χ4v) is 5.31. The van der Waals surface area contributed by atoms with Crippen LogP contribution in [-0.2, 0) is 21.2 Å². The number of furan rings is 1. The monoisotopic (exact) mass is 484 g/mol. The first-order chi connectivity index (χ1) is 16.3. The second-order valence-electron chi connectivity index (χ2n) is 8.76. The van der Waals surface area contributed by atoms with E-state index < -0.39 is 10.0 Å². The highest BCUT2D eigenvalue weighted by Crippen LogP contribution is 2.25. The summed E-state index contributed by atoms with van der Waals surface area (Å²) >= 11 is 0. The van der Waals surface area contributed by atoms with Crippen LogP contribution in [0.4, 0.5) is 4.39 Å². The molecule has 4 rings (SSSR count). The SMILES string of the molecule is Cc1ccc(S(=O)(=O)NCC2CCCN(C(=O)CCc3ccc(-c4ccccc4F)o3)C2)cc1. The topological polar surface area (TPSA) is 79.6 Å². The van der Waals surface area contributed by atoms with Gasteiger partial charge in [-0.05, 0) is 62.1 Å². The molecule has 3 aromatic rings. The number of aryl methyl sites for hydroxylation is 2. The van der Waals surface area contributed by atoms with Gasteiger partial charge in [0.2, 0.25) is 15.9 Å². The highest BCUT2D eigenvalue weighted by atomic mass is 32.2. The summed E-state index contributed by atoms with van der Waals surface area (Å²) in [5, 5.41) is 0. The van der Waals surface area contributed by atoms with E-state index >= 15 is 0 Å². The molecule has 0 saturated carbocycles. The molecule has 8 heteroatoms. The summed E-state index contributed by atoms with van der Waals surface area (Å²) in [5.74, 6) is 0.798. The van der Waals surface area contributed by atoms with Crippen molar-refractivity contribution in [1.29, 1.82) is 0 Å². The normalized spacial score (nSPS) is 16.5. The van der Waals surface area contributed by atoms with Crippen molar-refractivity contribution in [3.05, 3.63) is 77.8 Å². The number of hydrogen-bond acceptors (Lipinski definition) is 4. The summed E-state index contributed by atoms with van der Waals surface area (Å²) in [5.41, 5.74) is 1.39. The average Bonchev–Trinajstić information content (AvgIpc) is 3.31. The van der Waals surface area contributed by atoms with Gasteiger partial charge in [0.25, 0.3) is 0 Å². The van der Waals surface area contributed by atoms with Crippen molar-refractivity contribution >= 4 is 15.9 Å². The van der Waals surface area contributed by atoms with Crippen LogP contribution in [0.5, 0.6) is 0 Å². The minimum absolute atomic E-state index is 0.00920. The molecule has 1 aromatic heterocycles. The van der Waals surface area contributed by atoms with Gasteiger partial charge < -0.3 is 9.32 Å². The molecule has 34 heavy (non-hydrogen) atoms. The van der Waals surface area contributed by atoms with Gasteiger partial charge in [-0.3, -0.25) is 4.79 Å². The lowest BCUT2D eigenvalue weighted by atomic mass is 9.98. The number of likely N-dealkylation sites (tertiary alicyclic amines) is 1. The number of hydrogen-bond donors (Lipinski definition) is 1. The largest absolute Gasteiger partial charge is 0.461 e. The second-order valence-corrected chi connectivity index (χ2v) is 10.5. The van der Waals surface area contributed by atoms with E-state index in [1.165, 1.54) is 6.07 Å². The van der Waals surface area contributed by atoms with Crippen molar-refractivity contribution in [1.82, 2.24) is 9.62 Å². The molecule has 2 heterocycles. The quantitative estimate of drug-likeness (QED) is 0.509. The van der Waals surface area contributed by atoms with Gasteiger partial charge >= 0.3 is 0 Å². The van der Waals surface area contributed by atoms with Crippen LogP contribution in [0.25, 0.3) is 11.3 Å². The third kappa shape index (κ3) is 5.93. The molecule has 1 N–H and O–H groups in total. The summed E-state index contributed by atoms with van der Waals surface area (Å²) in [6.45, 7) is 3.39. The highest BCUT2D eigenvalue weighted by Gasteiger charge is 2.25. The Labute approximate surface area is 199 Å². The Morgan fingerprint density at radius 3 is 2.65 bits per heavy atom. The molecule has 180 valence electrons. The van der Waals surface area contributed by atoms with Gasteiger partial charge in [-0.25, -0.2) is 17.5 Å². The molecule has 1 unspecified atom stereocenters. The van der Waals surface area contributed by atoms with Crippen LogP contribution < -0.4 is 4.72 Å². The van der Waals surface area contributed by atoms with Crippen LogP contribution in [0.1, 0.15) is 30.6 Å². The van der Waals surface area contributed by atoms with E-state index in [1.54, 1.807) is 59.5 Å². The number of piperidine rings is 1. The van der Waals surface area contributed by atoms with Crippen LogP contribution in [0.2, 0.25) is 0 Å². The molecule has 0 aliphatic carbocycles. The summed E-state index contributed by atoms with van der Waals surface area (Å²) in [6.07, 6.45) is 2.41. The number of nitrogens with zero attached hydrogens (tertiary/aromatic N) is 1. The molecule has 0 bridgehead atoms. The molecular weight excluding hydrogens is 455 g/mol. The first-order valence-corrected chi connectivity index (χ1v) is 13.0. The van der Waals surface area contributed by atoms with Crippen molar-refractivity contribution in [2.45, 2.75) is 37.5 Å². The van der Waals surface area contributed by atoms with E-state index in [9.17, 15) is 17.6 Å². The predicted molar refractivity (Wildman–Crippen MR) is 128 cm³/mol. The third-order valence-electron chi connectivity index (χ3n) is 6.15. The zero-order valence-electron chi connectivity index (χ0n) is 19.2. The summed E-state index contributed by atoms with van der Waals surface area (Å²) in [4.78, 5) is 14.8. The molecule has 1 atom stereocenters. The lowest BCUT2D eigenvalue weighted by Gasteiger charge is -2.33. The predicted octanol–water partition coefficient (Wildman–Crippen LogP) is 4.54. The van der Waals surface area contributed by atoms with Gasteiger partial charge in [-0.1, -0.05) is 29.8 Å². The molecule has 1 saturated heterocycles. The van der Waals surface area contributed by atoms with Gasteiger partial charge in [0.15, 0.2) is 0 Å². The highest BCUT2D eigenvalue weighted by molar-refractivity contribution is 7.89. The number of carbonyl (C=O) groups is 1. The Balaban J connectivity index is 1.28. The molecule has 2 aromatic carbocycles. The fraction of sp³-hybridized carbons (Fsp3) is 0.346. The minimum Gasteiger partial charge on any atom is -0.461 e. The maximum absolute atomic E-state index is 14.0. The van der Waals surface area contributed by atoms with E-state index in [0.717, 1.165) is 18.4 Å². The first-order valence-electron chi connectivity index (χ1n) is 11.5. The van der Waals surface area contributed by atoms with Gasteiger partial charge in [0.1, 0.15) is 17.3 Å². The van der Waals surface area contributed by atoms with E-state index in [-0.39, 0.29) is 29.0 Å². The number of nitrogens with one attached hydrogen (secondary N) is 1. The van der Waals surface area contributed by atoms with Crippen molar-refractivity contribution in [3.8, 4) is 11.3 Å². The molecule has 6 nitrogen and oxygen atoms in total. The lowest BCUT2D eigenvalue weighted by molar-refractivity contribution is -0.133. The van der Waals surface area contributed by atoms with Crippen LogP contribution in [0.15, 0.2) is 70.0 Å². The molecular formula is C26H29FN2O4S. The van der Waals surface area contributed by atoms with Gasteiger partial charge in [0, 0.05) is 32.5 Å². The van der Waals surface area contributed by atoms with Crippen molar-refractivity contribution < 1.29 is 22.0 Å². The van der Waals surface area contributed by atoms with E-state index in [4.69, 9.17) is 4.42 Å². The molecule has 0 spiro atoms. The number of rotatable bonds is 8. The maximum atomic E-state index is 14.0. The summed E-state index contributed by atoms with van der Waals surface area (Å²) < 4.78 is 47.5. The summed E-state index contributed by atoms with van der Waals surface area (Å²) in [6, 6.07) is 16.6. The molecule has 1 aliphatic rings. The molecule has 1 aliphatic heterocycles. The Morgan fingerprint density at radius 1 is 1.12 bits per heavy atom. The second kappa shape index (κ2) is 10.5. The average molecular weight is 485 g/mol. The fourth-order valence-electron chi connectivity index (χ4n) is 4.19. The Kier molecular flexibility index (Phi) is 7.48. The number of halogens is 1. The van der Waals surface area contributed by atoms with Crippen molar-refractivity contribution in [2.24, 2.45) is 5.92 Å². The number of sulfonamides is 1. The van der Waals surface area contributed by atoms with E-state index in [0.29, 0.717) is 43.1 Å². The third-order valence-corrected chi connectivity index (χ3v) is 7.59. The van der Waals surface area contributed by atoms with Crippen LogP contribution in [0.3, 0.4) is 0 Å². The number of carbonyl (C=O) groups excluding carboxylic acids is 1. The maximum Gasteiger partial charge on any atom is 0.240 e. The summed E-state index contributed by atoms with van der Waals surface area (Å²) in [7, 11) is -3.58. The van der Waals surface area contributed by atoms with Crippen LogP contribution in [-0.4, -0.2) is 38.9 Å². The Hall–Kier alpha value is -2.97. The molecule has 0 radical (unpaired) electrons. The van der Waals surface area contributed by atoms with Crippen LogP contribution in [0, 0.1) is 18.7 Å². The number of benzene rings is 2. The molecule has 1 fully saturated rings. The van der Waals surface area contributed by atoms with Crippen molar-refractivity contribution in [3.63, 3.8) is 0 Å². The van der Waals surface area contributed by atoms with Crippen molar-refractivity contribution in [2.75, 3.05) is 19.6 Å². The molecule has 1 amide bonds.